The molecule has 0 aromatic heterocycles. The highest BCUT2D eigenvalue weighted by Crippen LogP contribution is 2.47. The van der Waals surface area contributed by atoms with Crippen molar-refractivity contribution in [2.75, 3.05) is 36.0 Å². The number of anilines is 2. The Balaban J connectivity index is 1.38. The molecule has 0 aliphatic carbocycles. The first kappa shape index (κ1) is 21.9. The summed E-state index contributed by atoms with van der Waals surface area (Å²) in [6, 6.07) is 3.87. The van der Waals surface area contributed by atoms with E-state index in [-0.39, 0.29) is 23.6 Å². The van der Waals surface area contributed by atoms with E-state index in [2.05, 4.69) is 34.5 Å². The van der Waals surface area contributed by atoms with E-state index in [1.807, 2.05) is 37.5 Å². The van der Waals surface area contributed by atoms with Crippen molar-refractivity contribution in [2.45, 2.75) is 71.1 Å². The van der Waals surface area contributed by atoms with E-state index in [0.29, 0.717) is 25.5 Å². The molecule has 1 aromatic rings. The maximum absolute atomic E-state index is 12.5. The van der Waals surface area contributed by atoms with Crippen molar-refractivity contribution in [1.82, 2.24) is 10.3 Å². The van der Waals surface area contributed by atoms with Gasteiger partial charge in [0, 0.05) is 30.9 Å². The monoisotopic (exact) mass is 455 g/mol. The molecule has 4 aliphatic rings. The Hall–Kier alpha value is -2.97. The maximum Gasteiger partial charge on any atom is 0.410 e. The van der Waals surface area contributed by atoms with Gasteiger partial charge in [0.2, 0.25) is 0 Å². The van der Waals surface area contributed by atoms with Crippen LogP contribution < -0.4 is 20.0 Å². The molecule has 1 unspecified atom stereocenters. The fourth-order valence-corrected chi connectivity index (χ4v) is 5.32. The molecule has 5 rings (SSSR count). The maximum atomic E-state index is 12.5. The summed E-state index contributed by atoms with van der Waals surface area (Å²) in [6.07, 6.45) is 2.70. The van der Waals surface area contributed by atoms with Gasteiger partial charge in [-0.3, -0.25) is 4.79 Å². The standard InChI is InChI=1S/C24H33N5O4/c1-15-12-19-18(29-16(2)21(30)26-25-20(29)14-32-19)13-17(15)28-11-8-24(28)6-9-27(10-7-24)22(31)33-23(3,4)5/h12-13,16H,6-11,14H2,1-5H3,(H,26,30). The van der Waals surface area contributed by atoms with Crippen LogP contribution in [0.15, 0.2) is 17.2 Å². The van der Waals surface area contributed by atoms with Crippen molar-refractivity contribution < 1.29 is 19.1 Å². The van der Waals surface area contributed by atoms with Gasteiger partial charge in [-0.2, -0.15) is 5.10 Å². The summed E-state index contributed by atoms with van der Waals surface area (Å²) in [6.45, 7) is 12.4. The molecule has 33 heavy (non-hydrogen) atoms. The normalized spacial score (nSPS) is 23.7. The number of amidine groups is 1. The number of hydrogen-bond donors (Lipinski definition) is 1. The first-order valence-electron chi connectivity index (χ1n) is 11.8. The first-order chi connectivity index (χ1) is 15.6. The highest BCUT2D eigenvalue weighted by atomic mass is 16.6. The lowest BCUT2D eigenvalue weighted by atomic mass is 9.75. The second kappa shape index (κ2) is 7.53. The van der Waals surface area contributed by atoms with Crippen LogP contribution in [0.5, 0.6) is 5.75 Å². The van der Waals surface area contributed by atoms with Crippen molar-refractivity contribution >= 4 is 29.2 Å². The molecule has 1 N–H and O–H groups in total. The van der Waals surface area contributed by atoms with Gasteiger partial charge in [0.25, 0.3) is 5.91 Å². The van der Waals surface area contributed by atoms with E-state index < -0.39 is 5.60 Å². The zero-order valence-corrected chi connectivity index (χ0v) is 20.1. The lowest BCUT2D eigenvalue weighted by molar-refractivity contribution is -0.122. The number of aryl methyl sites for hydroxylation is 1. The number of hydrogen-bond acceptors (Lipinski definition) is 7. The third-order valence-corrected chi connectivity index (χ3v) is 7.24. The van der Waals surface area contributed by atoms with E-state index in [1.165, 1.54) is 0 Å². The van der Waals surface area contributed by atoms with E-state index in [1.54, 1.807) is 0 Å². The fourth-order valence-electron chi connectivity index (χ4n) is 5.32. The zero-order valence-electron chi connectivity index (χ0n) is 20.1. The van der Waals surface area contributed by atoms with Crippen molar-refractivity contribution in [3.8, 4) is 5.75 Å². The van der Waals surface area contributed by atoms with Gasteiger partial charge in [-0.15, -0.1) is 0 Å². The molecule has 2 amide bonds. The van der Waals surface area contributed by atoms with Gasteiger partial charge in [-0.25, -0.2) is 10.2 Å². The van der Waals surface area contributed by atoms with Crippen LogP contribution in [0.3, 0.4) is 0 Å². The molecule has 2 saturated heterocycles. The Bertz CT molecular complexity index is 1020. The van der Waals surface area contributed by atoms with Crippen LogP contribution in [0.4, 0.5) is 16.2 Å². The number of carbonyl (C=O) groups excluding carboxylic acids is 2. The Morgan fingerprint density at radius 1 is 1.18 bits per heavy atom. The quantitative estimate of drug-likeness (QED) is 0.701. The summed E-state index contributed by atoms with van der Waals surface area (Å²) in [5, 5.41) is 4.20. The van der Waals surface area contributed by atoms with Gasteiger partial charge < -0.3 is 24.2 Å². The number of nitrogens with one attached hydrogen (secondary N) is 1. The first-order valence-corrected chi connectivity index (χ1v) is 11.8. The van der Waals surface area contributed by atoms with Gasteiger partial charge in [-0.1, -0.05) is 0 Å². The summed E-state index contributed by atoms with van der Waals surface area (Å²) in [5.41, 5.74) is 5.34. The number of hydrazone groups is 1. The van der Waals surface area contributed by atoms with Crippen molar-refractivity contribution in [1.29, 1.82) is 0 Å². The average Bonchev–Trinajstić information content (AvgIpc) is 2.75. The van der Waals surface area contributed by atoms with Crippen LogP contribution in [0.1, 0.15) is 52.5 Å². The predicted molar refractivity (Wildman–Crippen MR) is 126 cm³/mol. The highest BCUT2D eigenvalue weighted by Gasteiger charge is 2.48. The lowest BCUT2D eigenvalue weighted by Gasteiger charge is -2.58. The molecular weight excluding hydrogens is 422 g/mol. The van der Waals surface area contributed by atoms with E-state index in [0.717, 1.165) is 48.5 Å². The summed E-state index contributed by atoms with van der Waals surface area (Å²) in [5.74, 6) is 1.38. The molecule has 9 nitrogen and oxygen atoms in total. The Labute approximate surface area is 194 Å². The number of rotatable bonds is 1. The Morgan fingerprint density at radius 2 is 1.88 bits per heavy atom. The van der Waals surface area contributed by atoms with Crippen LogP contribution in [-0.4, -0.2) is 66.2 Å². The smallest absolute Gasteiger partial charge is 0.410 e. The van der Waals surface area contributed by atoms with Crippen LogP contribution in [0, 0.1) is 6.92 Å². The Kier molecular flexibility index (Phi) is 4.99. The van der Waals surface area contributed by atoms with Gasteiger partial charge in [-0.05, 0) is 71.6 Å². The average molecular weight is 456 g/mol. The third-order valence-electron chi connectivity index (χ3n) is 7.24. The SMILES string of the molecule is Cc1cc2c(cc1N1CCC13CCN(C(=O)OC(C)(C)C)CC3)N1C(=NNC(=O)C1C)CO2. The molecule has 0 radical (unpaired) electrons. The molecule has 4 aliphatic heterocycles. The van der Waals surface area contributed by atoms with Crippen LogP contribution in [0.2, 0.25) is 0 Å². The number of nitrogens with zero attached hydrogens (tertiary/aromatic N) is 4. The number of fused-ring (bicyclic) bond motifs is 3. The molecule has 0 bridgehead atoms. The second-order valence-corrected chi connectivity index (χ2v) is 10.5. The third kappa shape index (κ3) is 3.67. The minimum atomic E-state index is -0.484. The summed E-state index contributed by atoms with van der Waals surface area (Å²) < 4.78 is 11.5. The van der Waals surface area contributed by atoms with Crippen molar-refractivity contribution in [3.05, 3.63) is 17.7 Å². The molecule has 0 saturated carbocycles. The minimum absolute atomic E-state index is 0.0504. The van der Waals surface area contributed by atoms with Gasteiger partial charge in [0.1, 0.15) is 24.0 Å². The second-order valence-electron chi connectivity index (χ2n) is 10.5. The molecule has 1 aromatic carbocycles. The van der Waals surface area contributed by atoms with Gasteiger partial charge >= 0.3 is 6.09 Å². The van der Waals surface area contributed by atoms with Gasteiger partial charge in [0.15, 0.2) is 5.84 Å². The predicted octanol–water partition coefficient (Wildman–Crippen LogP) is 3.01. The number of piperidine rings is 1. The van der Waals surface area contributed by atoms with Crippen molar-refractivity contribution in [2.24, 2.45) is 5.10 Å². The topological polar surface area (TPSA) is 86.7 Å². The summed E-state index contributed by atoms with van der Waals surface area (Å²) in [7, 11) is 0. The highest BCUT2D eigenvalue weighted by molar-refractivity contribution is 6.09. The lowest BCUT2D eigenvalue weighted by Crippen LogP contribution is -2.65. The van der Waals surface area contributed by atoms with Crippen molar-refractivity contribution in [3.63, 3.8) is 0 Å². The van der Waals surface area contributed by atoms with E-state index in [9.17, 15) is 9.59 Å². The van der Waals surface area contributed by atoms with E-state index in [4.69, 9.17) is 9.47 Å². The molecule has 4 heterocycles. The van der Waals surface area contributed by atoms with Crippen LogP contribution >= 0.6 is 0 Å². The largest absolute Gasteiger partial charge is 0.483 e. The molecule has 9 heteroatoms. The van der Waals surface area contributed by atoms with Crippen LogP contribution in [-0.2, 0) is 9.53 Å². The molecule has 1 atom stereocenters. The Morgan fingerprint density at radius 3 is 2.52 bits per heavy atom. The van der Waals surface area contributed by atoms with Gasteiger partial charge in [0.05, 0.1) is 5.69 Å². The number of benzene rings is 1. The summed E-state index contributed by atoms with van der Waals surface area (Å²) in [4.78, 5) is 31.1. The minimum Gasteiger partial charge on any atom is -0.483 e. The van der Waals surface area contributed by atoms with E-state index >= 15 is 0 Å². The number of ether oxygens (including phenoxy) is 2. The number of likely N-dealkylation sites (tertiary alicyclic amines) is 1. The zero-order chi connectivity index (χ0) is 23.5. The summed E-state index contributed by atoms with van der Waals surface area (Å²) >= 11 is 0. The number of carbonyl (C=O) groups is 2. The number of amides is 2. The molecule has 178 valence electrons. The van der Waals surface area contributed by atoms with Crippen LogP contribution in [0.25, 0.3) is 0 Å². The fraction of sp³-hybridized carbons (Fsp3) is 0.625. The molecule has 1 spiro atoms. The molecular formula is C24H33N5O4. The molecule has 2 fully saturated rings.